The Hall–Kier alpha value is -1.11. The number of carbonyl (C=O) groups excluding carboxylic acids is 1. The fourth-order valence-electron chi connectivity index (χ4n) is 1.92. The van der Waals surface area contributed by atoms with Gasteiger partial charge < -0.3 is 5.32 Å². The van der Waals surface area contributed by atoms with E-state index in [1.54, 1.807) is 0 Å². The number of rotatable bonds is 5. The molecule has 1 rings (SSSR count). The normalized spacial score (nSPS) is 13.3. The van der Waals surface area contributed by atoms with Crippen LogP contribution in [0, 0.1) is 5.92 Å². The van der Waals surface area contributed by atoms with E-state index in [0.29, 0.717) is 5.92 Å². The fraction of sp³-hybridized carbons (Fsp3) is 0.462. The molecular weight excluding hydrogens is 300 g/mol. The predicted molar refractivity (Wildman–Crippen MR) is 79.2 cm³/mol. The third-order valence-corrected chi connectivity index (χ3v) is 3.95. The average Bonchev–Trinajstić information content (AvgIpc) is 2.26. The largest absolute Gasteiger partial charge is 0.350 e. The fourth-order valence-corrected chi connectivity index (χ4v) is 2.67. The number of amides is 1. The predicted octanol–water partition coefficient (Wildman–Crippen LogP) is 2.15. The smallest absolute Gasteiger partial charge is 0.253 e. The van der Waals surface area contributed by atoms with E-state index in [-0.39, 0.29) is 21.5 Å². The van der Waals surface area contributed by atoms with Gasteiger partial charge in [0, 0.05) is 6.04 Å². The molecule has 1 aromatic carbocycles. The minimum Gasteiger partial charge on any atom is -0.350 e. The van der Waals surface area contributed by atoms with E-state index in [4.69, 9.17) is 16.7 Å². The van der Waals surface area contributed by atoms with E-state index in [2.05, 4.69) is 19.2 Å². The van der Waals surface area contributed by atoms with Crippen LogP contribution in [0.4, 0.5) is 0 Å². The Morgan fingerprint density at radius 1 is 1.35 bits per heavy atom. The van der Waals surface area contributed by atoms with Crippen LogP contribution in [-0.2, 0) is 10.0 Å². The van der Waals surface area contributed by atoms with Crippen molar-refractivity contribution in [1.82, 2.24) is 5.32 Å². The van der Waals surface area contributed by atoms with Gasteiger partial charge in [0.2, 0.25) is 10.0 Å². The molecule has 20 heavy (non-hydrogen) atoms. The number of halogens is 1. The molecule has 0 aromatic heterocycles. The summed E-state index contributed by atoms with van der Waals surface area (Å²) in [5.74, 6) is 0.0326. The third-order valence-electron chi connectivity index (χ3n) is 2.71. The first-order valence-corrected chi connectivity index (χ1v) is 8.17. The Labute approximate surface area is 124 Å². The molecule has 0 saturated carbocycles. The first kappa shape index (κ1) is 16.9. The Balaban J connectivity index is 2.98. The van der Waals surface area contributed by atoms with Crippen molar-refractivity contribution >= 4 is 27.5 Å². The molecule has 112 valence electrons. The van der Waals surface area contributed by atoms with E-state index < -0.39 is 15.9 Å². The van der Waals surface area contributed by atoms with Gasteiger partial charge in [-0.3, -0.25) is 4.79 Å². The highest BCUT2D eigenvalue weighted by molar-refractivity contribution is 7.89. The number of primary sulfonamides is 1. The van der Waals surface area contributed by atoms with Gasteiger partial charge in [0.15, 0.2) is 0 Å². The molecule has 0 aliphatic rings. The summed E-state index contributed by atoms with van der Waals surface area (Å²) >= 11 is 5.93. The number of benzene rings is 1. The lowest BCUT2D eigenvalue weighted by atomic mass is 10.0. The highest BCUT2D eigenvalue weighted by Gasteiger charge is 2.17. The van der Waals surface area contributed by atoms with Gasteiger partial charge in [0.25, 0.3) is 5.91 Å². The second-order valence-corrected chi connectivity index (χ2v) is 7.16. The van der Waals surface area contributed by atoms with Crippen LogP contribution in [0.15, 0.2) is 23.1 Å². The topological polar surface area (TPSA) is 89.3 Å². The zero-order valence-corrected chi connectivity index (χ0v) is 13.3. The minimum absolute atomic E-state index is 0.0308. The van der Waals surface area contributed by atoms with E-state index in [1.807, 2.05) is 6.92 Å². The Bertz CT molecular complexity index is 600. The van der Waals surface area contributed by atoms with Crippen molar-refractivity contribution in [2.24, 2.45) is 11.1 Å². The lowest BCUT2D eigenvalue weighted by Gasteiger charge is -2.16. The highest BCUT2D eigenvalue weighted by Crippen LogP contribution is 2.20. The molecule has 1 aromatic rings. The van der Waals surface area contributed by atoms with E-state index in [0.717, 1.165) is 6.42 Å². The summed E-state index contributed by atoms with van der Waals surface area (Å²) in [7, 11) is -3.86. The van der Waals surface area contributed by atoms with Gasteiger partial charge in [0.05, 0.1) is 15.5 Å². The number of nitrogens with two attached hydrogens (primary N) is 1. The molecule has 1 atom stereocenters. The van der Waals surface area contributed by atoms with E-state index in [1.165, 1.54) is 18.2 Å². The first-order valence-electron chi connectivity index (χ1n) is 6.24. The third kappa shape index (κ3) is 4.77. The molecular formula is C13H19ClN2O3S. The van der Waals surface area contributed by atoms with Crippen LogP contribution in [0.2, 0.25) is 5.02 Å². The summed E-state index contributed by atoms with van der Waals surface area (Å²) < 4.78 is 22.6. The van der Waals surface area contributed by atoms with Crippen molar-refractivity contribution in [3.05, 3.63) is 28.8 Å². The molecule has 5 nitrogen and oxygen atoms in total. The van der Waals surface area contributed by atoms with E-state index >= 15 is 0 Å². The Morgan fingerprint density at radius 2 is 1.95 bits per heavy atom. The highest BCUT2D eigenvalue weighted by atomic mass is 35.5. The van der Waals surface area contributed by atoms with Crippen LogP contribution in [0.3, 0.4) is 0 Å². The molecule has 3 N–H and O–H groups in total. The van der Waals surface area contributed by atoms with Gasteiger partial charge in [-0.2, -0.15) is 0 Å². The minimum atomic E-state index is -3.86. The second kappa shape index (κ2) is 6.56. The summed E-state index contributed by atoms with van der Waals surface area (Å²) in [5, 5.41) is 8.02. The average molecular weight is 319 g/mol. The summed E-state index contributed by atoms with van der Waals surface area (Å²) in [6.45, 7) is 5.99. The quantitative estimate of drug-likeness (QED) is 0.871. The molecule has 0 fully saturated rings. The summed E-state index contributed by atoms with van der Waals surface area (Å²) in [4.78, 5) is 12.0. The molecule has 0 radical (unpaired) electrons. The Morgan fingerprint density at radius 3 is 2.45 bits per heavy atom. The van der Waals surface area contributed by atoms with Crippen molar-refractivity contribution < 1.29 is 13.2 Å². The van der Waals surface area contributed by atoms with Crippen LogP contribution in [0.5, 0.6) is 0 Å². The number of sulfonamides is 1. The van der Waals surface area contributed by atoms with Gasteiger partial charge in [-0.1, -0.05) is 25.4 Å². The lowest BCUT2D eigenvalue weighted by molar-refractivity contribution is 0.0936. The van der Waals surface area contributed by atoms with Crippen molar-refractivity contribution in [2.45, 2.75) is 38.1 Å². The zero-order valence-electron chi connectivity index (χ0n) is 11.7. The lowest BCUT2D eigenvalue weighted by Crippen LogP contribution is -2.33. The molecule has 1 amide bonds. The molecule has 0 heterocycles. The van der Waals surface area contributed by atoms with Gasteiger partial charge in [-0.05, 0) is 37.5 Å². The molecule has 0 aliphatic carbocycles. The van der Waals surface area contributed by atoms with Gasteiger partial charge >= 0.3 is 0 Å². The van der Waals surface area contributed by atoms with Crippen LogP contribution in [0.25, 0.3) is 0 Å². The van der Waals surface area contributed by atoms with Gasteiger partial charge in [-0.25, -0.2) is 13.6 Å². The zero-order chi connectivity index (χ0) is 15.5. The molecule has 0 saturated heterocycles. The number of nitrogens with one attached hydrogen (secondary N) is 1. The van der Waals surface area contributed by atoms with Gasteiger partial charge in [0.1, 0.15) is 0 Å². The van der Waals surface area contributed by atoms with Crippen LogP contribution in [-0.4, -0.2) is 20.4 Å². The van der Waals surface area contributed by atoms with Crippen LogP contribution < -0.4 is 10.5 Å². The number of hydrogen-bond acceptors (Lipinski definition) is 3. The van der Waals surface area contributed by atoms with Crippen LogP contribution >= 0.6 is 11.6 Å². The van der Waals surface area contributed by atoms with Crippen molar-refractivity contribution in [2.75, 3.05) is 0 Å². The monoisotopic (exact) mass is 318 g/mol. The molecule has 0 bridgehead atoms. The Kier molecular flexibility index (Phi) is 5.56. The molecule has 7 heteroatoms. The SMILES string of the molecule is CC(C)CC(C)NC(=O)c1cc(S(N)(=O)=O)ccc1Cl. The van der Waals surface area contributed by atoms with Crippen LogP contribution in [0.1, 0.15) is 37.6 Å². The second-order valence-electron chi connectivity index (χ2n) is 5.19. The molecule has 0 aliphatic heterocycles. The summed E-state index contributed by atoms with van der Waals surface area (Å²) in [5.41, 5.74) is 0.105. The maximum atomic E-state index is 12.1. The number of carbonyl (C=O) groups is 1. The standard InChI is InChI=1S/C13H19ClN2O3S/c1-8(2)6-9(3)16-13(17)11-7-10(20(15,18)19)4-5-12(11)14/h4-5,7-9H,6H2,1-3H3,(H,16,17)(H2,15,18,19). The number of hydrogen-bond donors (Lipinski definition) is 2. The molecule has 0 spiro atoms. The summed E-state index contributed by atoms with van der Waals surface area (Å²) in [6.07, 6.45) is 0.818. The van der Waals surface area contributed by atoms with Crippen molar-refractivity contribution in [3.63, 3.8) is 0 Å². The first-order chi connectivity index (χ1) is 9.11. The molecule has 1 unspecified atom stereocenters. The summed E-state index contributed by atoms with van der Waals surface area (Å²) in [6, 6.07) is 3.78. The van der Waals surface area contributed by atoms with Gasteiger partial charge in [-0.15, -0.1) is 0 Å². The maximum absolute atomic E-state index is 12.1. The van der Waals surface area contributed by atoms with Crippen molar-refractivity contribution in [3.8, 4) is 0 Å². The van der Waals surface area contributed by atoms with E-state index in [9.17, 15) is 13.2 Å². The van der Waals surface area contributed by atoms with Crippen molar-refractivity contribution in [1.29, 1.82) is 0 Å². The maximum Gasteiger partial charge on any atom is 0.253 e.